The number of halogens is 1. The average Bonchev–Trinajstić information content (AvgIpc) is 2.85. The van der Waals surface area contributed by atoms with Gasteiger partial charge in [0, 0.05) is 23.5 Å². The van der Waals surface area contributed by atoms with Gasteiger partial charge in [-0.05, 0) is 36.9 Å². The number of fused-ring (bicyclic) bond motifs is 1. The van der Waals surface area contributed by atoms with E-state index in [4.69, 9.17) is 11.6 Å². The van der Waals surface area contributed by atoms with E-state index in [1.165, 1.54) is 30.2 Å². The molecule has 1 aromatic heterocycles. The van der Waals surface area contributed by atoms with Crippen LogP contribution in [0.4, 0.5) is 0 Å². The van der Waals surface area contributed by atoms with Gasteiger partial charge in [0.1, 0.15) is 0 Å². The molecule has 100 valence electrons. The minimum atomic E-state index is 0.359. The lowest BCUT2D eigenvalue weighted by atomic mass is 10.1. The van der Waals surface area contributed by atoms with Crippen LogP contribution in [0.5, 0.6) is 0 Å². The Bertz CT molecular complexity index is 550. The first-order valence-corrected chi connectivity index (χ1v) is 7.45. The minimum Gasteiger partial charge on any atom is -0.312 e. The molecule has 0 amide bonds. The van der Waals surface area contributed by atoms with Crippen molar-refractivity contribution in [1.29, 1.82) is 0 Å². The summed E-state index contributed by atoms with van der Waals surface area (Å²) in [6, 6.07) is 10.4. The Morgan fingerprint density at radius 3 is 2.95 bits per heavy atom. The van der Waals surface area contributed by atoms with E-state index in [-0.39, 0.29) is 0 Å². The van der Waals surface area contributed by atoms with Gasteiger partial charge in [0.25, 0.3) is 0 Å². The van der Waals surface area contributed by atoms with E-state index in [2.05, 4.69) is 34.6 Å². The first kappa shape index (κ1) is 12.9. The van der Waals surface area contributed by atoms with Gasteiger partial charge in [0.05, 0.1) is 5.52 Å². The van der Waals surface area contributed by atoms with Crippen LogP contribution in [0, 0.1) is 5.92 Å². The number of pyridine rings is 1. The van der Waals surface area contributed by atoms with Gasteiger partial charge < -0.3 is 5.32 Å². The van der Waals surface area contributed by atoms with Crippen LogP contribution >= 0.6 is 11.6 Å². The summed E-state index contributed by atoms with van der Waals surface area (Å²) in [6.45, 7) is 1.88. The summed E-state index contributed by atoms with van der Waals surface area (Å²) < 4.78 is 0. The monoisotopic (exact) mass is 274 g/mol. The van der Waals surface area contributed by atoms with Crippen molar-refractivity contribution in [2.45, 2.75) is 31.2 Å². The molecule has 2 unspecified atom stereocenters. The number of benzene rings is 1. The SMILES string of the molecule is ClC1CCCC1CNCc1cccc2cccnc12. The smallest absolute Gasteiger partial charge is 0.0746 e. The van der Waals surface area contributed by atoms with Crippen molar-refractivity contribution in [3.05, 3.63) is 42.1 Å². The molecular weight excluding hydrogens is 256 g/mol. The molecular formula is C16H19ClN2. The van der Waals surface area contributed by atoms with Crippen molar-refractivity contribution in [3.63, 3.8) is 0 Å². The lowest BCUT2D eigenvalue weighted by Crippen LogP contribution is -2.25. The summed E-state index contributed by atoms with van der Waals surface area (Å²) in [5.74, 6) is 0.629. The van der Waals surface area contributed by atoms with E-state index in [0.717, 1.165) is 18.6 Å². The quantitative estimate of drug-likeness (QED) is 0.860. The van der Waals surface area contributed by atoms with Crippen molar-refractivity contribution in [1.82, 2.24) is 10.3 Å². The van der Waals surface area contributed by atoms with Crippen LogP contribution in [0.15, 0.2) is 36.5 Å². The van der Waals surface area contributed by atoms with Crippen LogP contribution in [0.3, 0.4) is 0 Å². The lowest BCUT2D eigenvalue weighted by Gasteiger charge is -2.15. The second-order valence-corrected chi connectivity index (χ2v) is 5.89. The van der Waals surface area contributed by atoms with Gasteiger partial charge in [-0.25, -0.2) is 0 Å². The number of hydrogen-bond acceptors (Lipinski definition) is 2. The molecule has 0 spiro atoms. The van der Waals surface area contributed by atoms with Gasteiger partial charge in [0.15, 0.2) is 0 Å². The van der Waals surface area contributed by atoms with Crippen LogP contribution in [0.2, 0.25) is 0 Å². The van der Waals surface area contributed by atoms with Crippen molar-refractivity contribution in [2.75, 3.05) is 6.54 Å². The number of nitrogens with zero attached hydrogens (tertiary/aromatic N) is 1. The molecule has 2 nitrogen and oxygen atoms in total. The van der Waals surface area contributed by atoms with E-state index >= 15 is 0 Å². The van der Waals surface area contributed by atoms with Crippen molar-refractivity contribution in [2.24, 2.45) is 5.92 Å². The van der Waals surface area contributed by atoms with Gasteiger partial charge in [-0.3, -0.25) is 4.98 Å². The molecule has 2 atom stereocenters. The first-order chi connectivity index (χ1) is 9.34. The molecule has 1 aliphatic rings. The van der Waals surface area contributed by atoms with E-state index < -0.39 is 0 Å². The molecule has 0 aliphatic heterocycles. The van der Waals surface area contributed by atoms with E-state index in [0.29, 0.717) is 11.3 Å². The van der Waals surface area contributed by atoms with Crippen molar-refractivity contribution >= 4 is 22.5 Å². The molecule has 1 fully saturated rings. The summed E-state index contributed by atoms with van der Waals surface area (Å²) in [6.07, 6.45) is 5.56. The Kier molecular flexibility index (Phi) is 4.00. The Morgan fingerprint density at radius 1 is 1.21 bits per heavy atom. The number of aromatic nitrogens is 1. The predicted molar refractivity (Wildman–Crippen MR) is 80.4 cm³/mol. The molecule has 1 N–H and O–H groups in total. The molecule has 1 heterocycles. The fourth-order valence-electron chi connectivity index (χ4n) is 2.92. The zero-order valence-electron chi connectivity index (χ0n) is 11.0. The van der Waals surface area contributed by atoms with Gasteiger partial charge in [-0.15, -0.1) is 11.6 Å². The van der Waals surface area contributed by atoms with E-state index in [1.807, 2.05) is 12.3 Å². The van der Waals surface area contributed by atoms with Crippen molar-refractivity contribution in [3.8, 4) is 0 Å². The normalized spacial score (nSPS) is 23.0. The molecule has 0 bridgehead atoms. The maximum atomic E-state index is 6.30. The zero-order chi connectivity index (χ0) is 13.1. The number of para-hydroxylation sites is 1. The standard InChI is InChI=1S/C16H19ClN2/c17-15-8-2-5-13(15)10-18-11-14-6-1-4-12-7-3-9-19-16(12)14/h1,3-4,6-7,9,13,15,18H,2,5,8,10-11H2. The third-order valence-electron chi connectivity index (χ3n) is 4.00. The van der Waals surface area contributed by atoms with Crippen LogP contribution in [0.1, 0.15) is 24.8 Å². The summed E-state index contributed by atoms with van der Waals surface area (Å²) in [5.41, 5.74) is 2.37. The third kappa shape index (κ3) is 2.90. The first-order valence-electron chi connectivity index (χ1n) is 7.02. The van der Waals surface area contributed by atoms with Crippen LogP contribution in [-0.4, -0.2) is 16.9 Å². The summed E-state index contributed by atoms with van der Waals surface area (Å²) in [5, 5.41) is 5.11. The molecule has 1 aliphatic carbocycles. The van der Waals surface area contributed by atoms with Crippen LogP contribution < -0.4 is 5.32 Å². The van der Waals surface area contributed by atoms with E-state index in [1.54, 1.807) is 0 Å². The minimum absolute atomic E-state index is 0.359. The highest BCUT2D eigenvalue weighted by Gasteiger charge is 2.24. The molecule has 3 heteroatoms. The molecule has 19 heavy (non-hydrogen) atoms. The molecule has 2 aromatic rings. The zero-order valence-corrected chi connectivity index (χ0v) is 11.7. The van der Waals surface area contributed by atoms with Gasteiger partial charge >= 0.3 is 0 Å². The topological polar surface area (TPSA) is 24.9 Å². The average molecular weight is 275 g/mol. The Balaban J connectivity index is 1.65. The highest BCUT2D eigenvalue weighted by molar-refractivity contribution is 6.20. The molecule has 1 saturated carbocycles. The highest BCUT2D eigenvalue weighted by atomic mass is 35.5. The van der Waals surface area contributed by atoms with Crippen LogP contribution in [0.25, 0.3) is 10.9 Å². The number of hydrogen-bond donors (Lipinski definition) is 1. The van der Waals surface area contributed by atoms with Crippen LogP contribution in [-0.2, 0) is 6.54 Å². The second-order valence-electron chi connectivity index (χ2n) is 5.33. The number of rotatable bonds is 4. The molecule has 1 aromatic carbocycles. The Labute approximate surface area is 119 Å². The molecule has 3 rings (SSSR count). The third-order valence-corrected chi connectivity index (χ3v) is 4.58. The second kappa shape index (κ2) is 5.89. The molecule has 0 saturated heterocycles. The lowest BCUT2D eigenvalue weighted by molar-refractivity contribution is 0.494. The Hall–Kier alpha value is -1.12. The van der Waals surface area contributed by atoms with Gasteiger partial charge in [0.2, 0.25) is 0 Å². The summed E-state index contributed by atoms with van der Waals surface area (Å²) in [7, 11) is 0. The number of alkyl halides is 1. The predicted octanol–water partition coefficient (Wildman–Crippen LogP) is 3.73. The van der Waals surface area contributed by atoms with Gasteiger partial charge in [-0.1, -0.05) is 30.7 Å². The highest BCUT2D eigenvalue weighted by Crippen LogP contribution is 2.29. The fourth-order valence-corrected chi connectivity index (χ4v) is 3.29. The maximum absolute atomic E-state index is 6.30. The van der Waals surface area contributed by atoms with Gasteiger partial charge in [-0.2, -0.15) is 0 Å². The fraction of sp³-hybridized carbons (Fsp3) is 0.438. The largest absolute Gasteiger partial charge is 0.312 e. The Morgan fingerprint density at radius 2 is 2.11 bits per heavy atom. The summed E-state index contributed by atoms with van der Waals surface area (Å²) in [4.78, 5) is 4.48. The van der Waals surface area contributed by atoms with Crippen molar-refractivity contribution < 1.29 is 0 Å². The number of nitrogens with one attached hydrogen (secondary N) is 1. The maximum Gasteiger partial charge on any atom is 0.0746 e. The summed E-state index contributed by atoms with van der Waals surface area (Å²) >= 11 is 6.30. The molecule has 0 radical (unpaired) electrons. The van der Waals surface area contributed by atoms with E-state index in [9.17, 15) is 0 Å².